The van der Waals surface area contributed by atoms with Crippen LogP contribution in [0, 0.1) is 17.8 Å². The summed E-state index contributed by atoms with van der Waals surface area (Å²) in [6.45, 7) is 10.8. The number of nitrogens with one attached hydrogen (secondary N) is 2. The van der Waals surface area contributed by atoms with Gasteiger partial charge in [0.25, 0.3) is 0 Å². The molecule has 2 aromatic carbocycles. The third kappa shape index (κ3) is 6.54. The summed E-state index contributed by atoms with van der Waals surface area (Å²) in [5.41, 5.74) is 3.74. The number of ketones is 1. The molecule has 37 heavy (non-hydrogen) atoms. The lowest BCUT2D eigenvalue weighted by molar-refractivity contribution is 0.0126. The number of anilines is 1. The first-order valence-electron chi connectivity index (χ1n) is 13.3. The maximum absolute atomic E-state index is 13.3. The van der Waals surface area contributed by atoms with E-state index in [0.29, 0.717) is 29.0 Å². The molecule has 0 unspecified atom stereocenters. The SMILES string of the molecule is COc1ccc2c(c1)/C(=C/C(=O)c1cccc(NC(=O)O[C@H]3C[C@@H](C)CC[C@@H]3C(C)C)c1)NC(C)(C)C2. The zero-order valence-corrected chi connectivity index (χ0v) is 22.9. The fraction of sp³-hybridized carbons (Fsp3) is 0.484. The van der Waals surface area contributed by atoms with Crippen molar-refractivity contribution in [2.45, 2.75) is 71.9 Å². The van der Waals surface area contributed by atoms with E-state index in [1.54, 1.807) is 37.5 Å². The van der Waals surface area contributed by atoms with Crippen LogP contribution in [0.15, 0.2) is 48.5 Å². The van der Waals surface area contributed by atoms with Crippen molar-refractivity contribution in [3.63, 3.8) is 0 Å². The molecule has 6 heteroatoms. The van der Waals surface area contributed by atoms with Crippen LogP contribution < -0.4 is 15.4 Å². The van der Waals surface area contributed by atoms with Gasteiger partial charge in [-0.05, 0) is 80.7 Å². The van der Waals surface area contributed by atoms with Gasteiger partial charge in [-0.15, -0.1) is 0 Å². The van der Waals surface area contributed by atoms with Gasteiger partial charge in [-0.25, -0.2) is 4.79 Å². The molecule has 1 heterocycles. The molecule has 198 valence electrons. The van der Waals surface area contributed by atoms with Crippen LogP contribution in [-0.2, 0) is 11.2 Å². The Hall–Kier alpha value is -3.28. The van der Waals surface area contributed by atoms with E-state index in [1.165, 1.54) is 12.0 Å². The quantitative estimate of drug-likeness (QED) is 0.332. The number of hydrogen-bond donors (Lipinski definition) is 2. The lowest BCUT2D eigenvalue weighted by Gasteiger charge is -2.36. The first-order valence-corrected chi connectivity index (χ1v) is 13.3. The number of methoxy groups -OCH3 is 1. The second kappa shape index (κ2) is 11.0. The highest BCUT2D eigenvalue weighted by atomic mass is 16.6. The van der Waals surface area contributed by atoms with Crippen LogP contribution in [0.5, 0.6) is 5.75 Å². The van der Waals surface area contributed by atoms with Crippen LogP contribution >= 0.6 is 0 Å². The van der Waals surface area contributed by atoms with E-state index in [-0.39, 0.29) is 17.4 Å². The van der Waals surface area contributed by atoms with Gasteiger partial charge in [0.05, 0.1) is 7.11 Å². The number of carbonyl (C=O) groups is 2. The largest absolute Gasteiger partial charge is 0.497 e. The van der Waals surface area contributed by atoms with E-state index in [9.17, 15) is 9.59 Å². The first kappa shape index (κ1) is 26.8. The lowest BCUT2D eigenvalue weighted by atomic mass is 9.75. The fourth-order valence-electron chi connectivity index (χ4n) is 5.65. The van der Waals surface area contributed by atoms with Crippen LogP contribution in [0.2, 0.25) is 0 Å². The van der Waals surface area contributed by atoms with Gasteiger partial charge in [-0.3, -0.25) is 10.1 Å². The van der Waals surface area contributed by atoms with Gasteiger partial charge >= 0.3 is 6.09 Å². The van der Waals surface area contributed by atoms with E-state index in [1.807, 2.05) is 12.1 Å². The minimum atomic E-state index is -0.468. The molecule has 1 saturated carbocycles. The van der Waals surface area contributed by atoms with E-state index < -0.39 is 6.09 Å². The average molecular weight is 505 g/mol. The Labute approximate surface area is 220 Å². The lowest BCUT2D eigenvalue weighted by Crippen LogP contribution is -2.43. The van der Waals surface area contributed by atoms with Crippen molar-refractivity contribution in [1.82, 2.24) is 5.32 Å². The summed E-state index contributed by atoms with van der Waals surface area (Å²) in [6.07, 6.45) is 5.06. The van der Waals surface area contributed by atoms with Crippen molar-refractivity contribution in [2.24, 2.45) is 17.8 Å². The van der Waals surface area contributed by atoms with E-state index in [2.05, 4.69) is 51.3 Å². The molecular formula is C31H40N2O4. The molecule has 2 N–H and O–H groups in total. The molecule has 0 spiro atoms. The zero-order valence-electron chi connectivity index (χ0n) is 22.9. The molecule has 1 aliphatic carbocycles. The molecule has 4 rings (SSSR count). The Bertz CT molecular complexity index is 1180. The molecule has 0 aromatic heterocycles. The van der Waals surface area contributed by atoms with E-state index >= 15 is 0 Å². The molecule has 3 atom stereocenters. The van der Waals surface area contributed by atoms with Gasteiger partial charge in [-0.1, -0.05) is 45.4 Å². The maximum atomic E-state index is 13.3. The average Bonchev–Trinajstić information content (AvgIpc) is 2.83. The fourth-order valence-corrected chi connectivity index (χ4v) is 5.65. The minimum absolute atomic E-state index is 0.0870. The Morgan fingerprint density at radius 3 is 2.65 bits per heavy atom. The second-order valence-corrected chi connectivity index (χ2v) is 11.6. The molecule has 1 amide bonds. The summed E-state index contributed by atoms with van der Waals surface area (Å²) in [5.74, 6) is 1.98. The van der Waals surface area contributed by atoms with Crippen molar-refractivity contribution in [2.75, 3.05) is 12.4 Å². The predicted molar refractivity (Wildman–Crippen MR) is 148 cm³/mol. The third-order valence-corrected chi connectivity index (χ3v) is 7.60. The predicted octanol–water partition coefficient (Wildman–Crippen LogP) is 6.85. The van der Waals surface area contributed by atoms with Gasteiger partial charge in [0.15, 0.2) is 5.78 Å². The topological polar surface area (TPSA) is 76.7 Å². The number of amides is 1. The summed E-state index contributed by atoms with van der Waals surface area (Å²) in [6, 6.07) is 13.0. The molecular weight excluding hydrogens is 464 g/mol. The summed E-state index contributed by atoms with van der Waals surface area (Å²) in [7, 11) is 1.64. The van der Waals surface area contributed by atoms with Crippen molar-refractivity contribution < 1.29 is 19.1 Å². The second-order valence-electron chi connectivity index (χ2n) is 11.6. The van der Waals surface area contributed by atoms with Crippen LogP contribution in [0.1, 0.15) is 75.4 Å². The molecule has 0 radical (unpaired) electrons. The van der Waals surface area contributed by atoms with Gasteiger partial charge in [0.1, 0.15) is 11.9 Å². The van der Waals surface area contributed by atoms with Crippen molar-refractivity contribution in [3.8, 4) is 5.75 Å². The Kier molecular flexibility index (Phi) is 7.96. The Morgan fingerprint density at radius 1 is 1.14 bits per heavy atom. The third-order valence-electron chi connectivity index (χ3n) is 7.60. The van der Waals surface area contributed by atoms with Crippen LogP contribution in [0.25, 0.3) is 5.70 Å². The number of ether oxygens (including phenoxy) is 2. The summed E-state index contributed by atoms with van der Waals surface area (Å²) < 4.78 is 11.3. The highest BCUT2D eigenvalue weighted by Crippen LogP contribution is 2.36. The van der Waals surface area contributed by atoms with E-state index in [0.717, 1.165) is 36.3 Å². The molecule has 2 aromatic rings. The summed E-state index contributed by atoms with van der Waals surface area (Å²) >= 11 is 0. The molecule has 1 aliphatic heterocycles. The molecule has 6 nitrogen and oxygen atoms in total. The zero-order chi connectivity index (χ0) is 26.7. The number of carbonyl (C=O) groups excluding carboxylic acids is 2. The maximum Gasteiger partial charge on any atom is 0.411 e. The van der Waals surface area contributed by atoms with Gasteiger partial charge < -0.3 is 14.8 Å². The minimum Gasteiger partial charge on any atom is -0.497 e. The van der Waals surface area contributed by atoms with Gasteiger partial charge in [-0.2, -0.15) is 0 Å². The van der Waals surface area contributed by atoms with Crippen molar-refractivity contribution in [3.05, 3.63) is 65.2 Å². The standard InChI is InChI=1S/C31H40N2O4/c1-19(2)25-13-10-20(3)14-29(25)37-30(35)32-23-9-7-8-21(15-23)28(34)17-27-26-16-24(36-6)12-11-22(26)18-31(4,5)33-27/h7-9,11-12,15-17,19-20,25,29,33H,10,13-14,18H2,1-6H3,(H,32,35)/b27-17-/t20-,25+,29-/m0/s1. The smallest absolute Gasteiger partial charge is 0.411 e. The van der Waals surface area contributed by atoms with Crippen LogP contribution in [-0.4, -0.2) is 30.6 Å². The van der Waals surface area contributed by atoms with Crippen LogP contribution in [0.4, 0.5) is 10.5 Å². The Morgan fingerprint density at radius 2 is 1.92 bits per heavy atom. The van der Waals surface area contributed by atoms with Gasteiger partial charge in [0, 0.05) is 34.1 Å². The molecule has 0 bridgehead atoms. The van der Waals surface area contributed by atoms with Gasteiger partial charge in [0.2, 0.25) is 0 Å². The van der Waals surface area contributed by atoms with Crippen LogP contribution in [0.3, 0.4) is 0 Å². The number of fused-ring (bicyclic) bond motifs is 1. The first-order chi connectivity index (χ1) is 17.5. The molecule has 0 saturated heterocycles. The van der Waals surface area contributed by atoms with Crippen molar-refractivity contribution >= 4 is 23.3 Å². The molecule has 1 fully saturated rings. The summed E-state index contributed by atoms with van der Waals surface area (Å²) in [5, 5.41) is 6.34. The normalized spacial score (nSPS) is 23.6. The van der Waals surface area contributed by atoms with Crippen molar-refractivity contribution in [1.29, 1.82) is 0 Å². The monoisotopic (exact) mass is 504 g/mol. The number of allylic oxidation sites excluding steroid dienone is 1. The number of rotatable bonds is 6. The highest BCUT2D eigenvalue weighted by Gasteiger charge is 2.33. The highest BCUT2D eigenvalue weighted by molar-refractivity contribution is 6.09. The Balaban J connectivity index is 1.50. The molecule has 2 aliphatic rings. The number of benzene rings is 2. The number of hydrogen-bond acceptors (Lipinski definition) is 5. The van der Waals surface area contributed by atoms with E-state index in [4.69, 9.17) is 9.47 Å². The summed E-state index contributed by atoms with van der Waals surface area (Å²) in [4.78, 5) is 26.1.